The fourth-order valence-corrected chi connectivity index (χ4v) is 0. The molecule has 0 amide bonds. The largest absolute Gasteiger partial charge is 3.00 e. The molecule has 7 heteroatoms. The minimum Gasteiger partial charge on any atom is -0.870 e. The van der Waals surface area contributed by atoms with E-state index in [1.165, 1.54) is 0 Å². The maximum Gasteiger partial charge on any atom is 3.00 e. The van der Waals surface area contributed by atoms with Gasteiger partial charge in [0.25, 0.3) is 0 Å². The van der Waals surface area contributed by atoms with Crippen molar-refractivity contribution in [3.05, 3.63) is 0 Å². The van der Waals surface area contributed by atoms with Crippen molar-refractivity contribution in [2.24, 2.45) is 0 Å². The molecule has 0 atom stereocenters. The molecule has 0 bridgehead atoms. The van der Waals surface area contributed by atoms with Crippen LogP contribution in [0.2, 0.25) is 0 Å². The molecule has 0 aromatic heterocycles. The molecule has 0 spiro atoms. The Bertz CT molecular complexity index is 8.04. The van der Waals surface area contributed by atoms with Crippen LogP contribution in [0.1, 0.15) is 0 Å². The first kappa shape index (κ1) is 534. The Morgan fingerprint density at radius 3 is 0.571 bits per heavy atom. The van der Waals surface area contributed by atoms with Crippen molar-refractivity contribution in [2.45, 2.75) is 0 Å². The summed E-state index contributed by atoms with van der Waals surface area (Å²) in [7, 11) is 0. The molecule has 0 saturated carbocycles. The SMILES string of the molecule is O.[Al+3].[Ni].[OH-].[OH-].[OH-].[OH-]. The number of rotatable bonds is 0. The van der Waals surface area contributed by atoms with E-state index in [0.717, 1.165) is 0 Å². The van der Waals surface area contributed by atoms with Crippen LogP contribution in [0.15, 0.2) is 0 Å². The molecule has 0 aliphatic carbocycles. The molecule has 5 nitrogen and oxygen atoms in total. The molecule has 0 unspecified atom stereocenters. The van der Waals surface area contributed by atoms with Gasteiger partial charge in [0.15, 0.2) is 0 Å². The standard InChI is InChI=1S/Al.Ni.5H2O/h;;5*1H2/q+3;;;;;;/p-4. The summed E-state index contributed by atoms with van der Waals surface area (Å²) < 4.78 is 0. The zero-order valence-corrected chi connectivity index (χ0v) is 5.32. The van der Waals surface area contributed by atoms with Crippen LogP contribution in [0.5, 0.6) is 0 Å². The predicted molar refractivity (Wildman–Crippen MR) is 17.1 cm³/mol. The van der Waals surface area contributed by atoms with E-state index in [2.05, 4.69) is 0 Å². The zero-order valence-electron chi connectivity index (χ0n) is 3.18. The Labute approximate surface area is 61.7 Å². The van der Waals surface area contributed by atoms with Gasteiger partial charge in [0.05, 0.1) is 0 Å². The summed E-state index contributed by atoms with van der Waals surface area (Å²) in [6.07, 6.45) is 0. The van der Waals surface area contributed by atoms with Gasteiger partial charge in [-0.3, -0.25) is 0 Å². The average Bonchev–Trinajstić information content (AvgIpc) is 0. The van der Waals surface area contributed by atoms with E-state index >= 15 is 0 Å². The van der Waals surface area contributed by atoms with E-state index in [0.29, 0.717) is 0 Å². The molecule has 0 saturated heterocycles. The van der Waals surface area contributed by atoms with Crippen LogP contribution in [0.4, 0.5) is 0 Å². The molecule has 0 rings (SSSR count). The first-order chi connectivity index (χ1) is 0. The third-order valence-electron chi connectivity index (χ3n) is 0. The minimum atomic E-state index is 0. The number of hydrogen-bond donors (Lipinski definition) is 0. The van der Waals surface area contributed by atoms with Crippen molar-refractivity contribution in [1.82, 2.24) is 0 Å². The van der Waals surface area contributed by atoms with Gasteiger partial charge >= 0.3 is 17.4 Å². The van der Waals surface area contributed by atoms with Gasteiger partial charge in [-0.2, -0.15) is 0 Å². The van der Waals surface area contributed by atoms with Gasteiger partial charge in [0, 0.05) is 16.5 Å². The molecule has 0 aromatic carbocycles. The van der Waals surface area contributed by atoms with Crippen molar-refractivity contribution in [3.63, 3.8) is 0 Å². The van der Waals surface area contributed by atoms with Crippen molar-refractivity contribution in [2.75, 3.05) is 0 Å². The molecule has 7 heavy (non-hydrogen) atoms. The maximum atomic E-state index is 0. The predicted octanol–water partition coefficient (Wildman–Crippen LogP) is -1.92. The van der Waals surface area contributed by atoms with Crippen LogP contribution in [0.3, 0.4) is 0 Å². The second kappa shape index (κ2) is 340. The van der Waals surface area contributed by atoms with Gasteiger partial charge in [-0.15, -0.1) is 0 Å². The Balaban J connectivity index is 0. The van der Waals surface area contributed by atoms with E-state index in [-0.39, 0.29) is 61.2 Å². The topological polar surface area (TPSA) is 152 Å². The molecule has 0 fully saturated rings. The van der Waals surface area contributed by atoms with Crippen LogP contribution < -0.4 is 0 Å². The Morgan fingerprint density at radius 1 is 0.571 bits per heavy atom. The molecule has 6 N–H and O–H groups in total. The third kappa shape index (κ3) is 233. The summed E-state index contributed by atoms with van der Waals surface area (Å²) in [6, 6.07) is 0. The Kier molecular flexibility index (Phi) is 25900. The summed E-state index contributed by atoms with van der Waals surface area (Å²) in [6.45, 7) is 0. The molecule has 0 radical (unpaired) electrons. The van der Waals surface area contributed by atoms with Crippen molar-refractivity contribution >= 4 is 17.4 Å². The van der Waals surface area contributed by atoms with Crippen LogP contribution in [0, 0.1) is 0 Å². The summed E-state index contributed by atoms with van der Waals surface area (Å²) in [4.78, 5) is 0. The molecule has 0 aromatic rings. The van der Waals surface area contributed by atoms with E-state index < -0.39 is 0 Å². The maximum absolute atomic E-state index is 0. The smallest absolute Gasteiger partial charge is 0.870 e. The zero-order chi connectivity index (χ0) is 0. The summed E-state index contributed by atoms with van der Waals surface area (Å²) in [5.41, 5.74) is 0. The van der Waals surface area contributed by atoms with Gasteiger partial charge in [-0.05, 0) is 0 Å². The third-order valence-corrected chi connectivity index (χ3v) is 0. The molecule has 50 valence electrons. The van der Waals surface area contributed by atoms with Gasteiger partial charge in [0.1, 0.15) is 0 Å². The van der Waals surface area contributed by atoms with Crippen molar-refractivity contribution in [3.8, 4) is 0 Å². The molecular formula is H6AlNiO5-. The molecular weight excluding hydrogens is 166 g/mol. The summed E-state index contributed by atoms with van der Waals surface area (Å²) in [5.74, 6) is 0. The van der Waals surface area contributed by atoms with Crippen molar-refractivity contribution in [1.29, 1.82) is 0 Å². The van der Waals surface area contributed by atoms with Gasteiger partial charge < -0.3 is 27.4 Å². The minimum absolute atomic E-state index is 0. The molecule has 0 heterocycles. The fourth-order valence-electron chi connectivity index (χ4n) is 0. The van der Waals surface area contributed by atoms with Gasteiger partial charge in [0.2, 0.25) is 0 Å². The monoisotopic (exact) mass is 171 g/mol. The van der Waals surface area contributed by atoms with Crippen molar-refractivity contribution < 1.29 is 43.9 Å². The van der Waals surface area contributed by atoms with E-state index in [1.54, 1.807) is 0 Å². The first-order valence-corrected chi connectivity index (χ1v) is 0. The summed E-state index contributed by atoms with van der Waals surface area (Å²) >= 11 is 0. The fraction of sp³-hybridized carbons (Fsp3) is 0. The van der Waals surface area contributed by atoms with E-state index in [4.69, 9.17) is 0 Å². The first-order valence-electron chi connectivity index (χ1n) is 0. The Morgan fingerprint density at radius 2 is 0.571 bits per heavy atom. The molecule has 0 aliphatic rings. The van der Waals surface area contributed by atoms with E-state index in [1.807, 2.05) is 0 Å². The van der Waals surface area contributed by atoms with Crippen LogP contribution in [-0.2, 0) is 16.5 Å². The average molecular weight is 172 g/mol. The molecule has 0 aliphatic heterocycles. The number of hydrogen-bond acceptors (Lipinski definition) is 4. The normalized spacial score (nSPS) is 0. The Hall–Kier alpha value is 0.826. The second-order valence-electron chi connectivity index (χ2n) is 0. The van der Waals surface area contributed by atoms with Crippen LogP contribution in [0.25, 0.3) is 0 Å². The quantitative estimate of drug-likeness (QED) is 0.390. The van der Waals surface area contributed by atoms with Crippen LogP contribution in [-0.4, -0.2) is 44.7 Å². The van der Waals surface area contributed by atoms with E-state index in [9.17, 15) is 0 Å². The van der Waals surface area contributed by atoms with Gasteiger partial charge in [-0.25, -0.2) is 0 Å². The summed E-state index contributed by atoms with van der Waals surface area (Å²) in [5, 5.41) is 0. The van der Waals surface area contributed by atoms with Crippen LogP contribution >= 0.6 is 0 Å². The second-order valence-corrected chi connectivity index (χ2v) is 0. The van der Waals surface area contributed by atoms with Gasteiger partial charge in [-0.1, -0.05) is 0 Å².